The number of phenols is 1. The fraction of sp³-hybridized carbons (Fsp3) is 0.333. The molecule has 0 aromatic heterocycles. The predicted molar refractivity (Wildman–Crippen MR) is 117 cm³/mol. The Morgan fingerprint density at radius 3 is 2.19 bits per heavy atom. The summed E-state index contributed by atoms with van der Waals surface area (Å²) in [5.41, 5.74) is 0.473. The molecule has 0 radical (unpaired) electrons. The van der Waals surface area contributed by atoms with Gasteiger partial charge in [0.15, 0.2) is 6.61 Å². The van der Waals surface area contributed by atoms with E-state index in [1.165, 1.54) is 37.3 Å². The second-order valence-corrected chi connectivity index (χ2v) is 9.69. The van der Waals surface area contributed by atoms with Crippen molar-refractivity contribution in [3.8, 4) is 17.2 Å². The van der Waals surface area contributed by atoms with Crippen LogP contribution in [0.2, 0.25) is 0 Å². The van der Waals surface area contributed by atoms with Gasteiger partial charge in [-0.05, 0) is 35.7 Å². The van der Waals surface area contributed by atoms with Crippen LogP contribution >= 0.6 is 0 Å². The number of sulfonamides is 1. The van der Waals surface area contributed by atoms with Gasteiger partial charge in [0.1, 0.15) is 17.2 Å². The number of ether oxygens (including phenoxy) is 2. The minimum atomic E-state index is -3.39. The summed E-state index contributed by atoms with van der Waals surface area (Å²) in [6, 6.07) is 8.93. The van der Waals surface area contributed by atoms with Gasteiger partial charge < -0.3 is 19.9 Å². The molecule has 2 aromatic rings. The lowest BCUT2D eigenvalue weighted by Gasteiger charge is -2.23. The number of carbonyl (C=O) groups excluding carboxylic acids is 2. The Hall–Kier alpha value is -3.27. The second kappa shape index (κ2) is 9.25. The van der Waals surface area contributed by atoms with Gasteiger partial charge in [-0.3, -0.25) is 14.3 Å². The van der Waals surface area contributed by atoms with Gasteiger partial charge in [0.05, 0.1) is 11.9 Å². The van der Waals surface area contributed by atoms with Crippen LogP contribution in [-0.4, -0.2) is 38.3 Å². The SMILES string of the molecule is CC(=O)Oc1cc(NC(=O)COc2ccc(NS(C)(=O)=O)cc2)c(O)c(C(C)(C)C)c1. The molecule has 0 unspecified atom stereocenters. The summed E-state index contributed by atoms with van der Waals surface area (Å²) in [5.74, 6) is -0.663. The summed E-state index contributed by atoms with van der Waals surface area (Å²) < 4.78 is 35.3. The second-order valence-electron chi connectivity index (χ2n) is 7.95. The Labute approximate surface area is 181 Å². The Morgan fingerprint density at radius 2 is 1.68 bits per heavy atom. The van der Waals surface area contributed by atoms with E-state index in [1.54, 1.807) is 6.07 Å². The van der Waals surface area contributed by atoms with E-state index in [1.807, 2.05) is 20.8 Å². The Balaban J connectivity index is 2.11. The van der Waals surface area contributed by atoms with Crippen LogP contribution < -0.4 is 19.5 Å². The minimum Gasteiger partial charge on any atom is -0.505 e. The number of aromatic hydroxyl groups is 1. The third kappa shape index (κ3) is 7.49. The first kappa shape index (κ1) is 24.0. The highest BCUT2D eigenvalue weighted by molar-refractivity contribution is 7.92. The Kier molecular flexibility index (Phi) is 7.17. The number of esters is 1. The largest absolute Gasteiger partial charge is 0.505 e. The van der Waals surface area contributed by atoms with Crippen molar-refractivity contribution < 1.29 is 32.6 Å². The third-order valence-corrected chi connectivity index (χ3v) is 4.56. The molecular weight excluding hydrogens is 424 g/mol. The fourth-order valence-electron chi connectivity index (χ4n) is 2.67. The van der Waals surface area contributed by atoms with Crippen LogP contribution in [0, 0.1) is 0 Å². The molecule has 9 nitrogen and oxygen atoms in total. The van der Waals surface area contributed by atoms with Crippen LogP contribution in [-0.2, 0) is 25.0 Å². The average Bonchev–Trinajstić information content (AvgIpc) is 2.61. The zero-order valence-electron chi connectivity index (χ0n) is 18.0. The van der Waals surface area contributed by atoms with Crippen LogP contribution in [0.5, 0.6) is 17.2 Å². The molecule has 0 aliphatic heterocycles. The number of rotatable bonds is 7. The van der Waals surface area contributed by atoms with Crippen molar-refractivity contribution in [2.75, 3.05) is 22.9 Å². The molecule has 0 saturated heterocycles. The van der Waals surface area contributed by atoms with Crippen LogP contribution in [0.1, 0.15) is 33.3 Å². The van der Waals surface area contributed by atoms with E-state index in [9.17, 15) is 23.1 Å². The van der Waals surface area contributed by atoms with Gasteiger partial charge >= 0.3 is 5.97 Å². The smallest absolute Gasteiger partial charge is 0.308 e. The maximum absolute atomic E-state index is 12.3. The lowest BCUT2D eigenvalue weighted by molar-refractivity contribution is -0.131. The Morgan fingerprint density at radius 1 is 1.06 bits per heavy atom. The van der Waals surface area contributed by atoms with Gasteiger partial charge in [0.2, 0.25) is 10.0 Å². The monoisotopic (exact) mass is 450 g/mol. The van der Waals surface area contributed by atoms with Crippen LogP contribution in [0.3, 0.4) is 0 Å². The van der Waals surface area contributed by atoms with Crippen molar-refractivity contribution in [1.82, 2.24) is 0 Å². The number of hydrogen-bond donors (Lipinski definition) is 3. The van der Waals surface area contributed by atoms with Crippen molar-refractivity contribution in [1.29, 1.82) is 0 Å². The predicted octanol–water partition coefficient (Wildman–Crippen LogP) is 3.00. The van der Waals surface area contributed by atoms with Crippen molar-refractivity contribution >= 4 is 33.3 Å². The zero-order valence-corrected chi connectivity index (χ0v) is 18.8. The highest BCUT2D eigenvalue weighted by Crippen LogP contribution is 2.39. The molecule has 0 heterocycles. The van der Waals surface area contributed by atoms with Gasteiger partial charge in [-0.25, -0.2) is 8.42 Å². The maximum atomic E-state index is 12.3. The first-order valence-electron chi connectivity index (χ1n) is 9.31. The molecule has 168 valence electrons. The van der Waals surface area contributed by atoms with Crippen molar-refractivity contribution in [2.45, 2.75) is 33.1 Å². The van der Waals surface area contributed by atoms with Crippen molar-refractivity contribution in [3.63, 3.8) is 0 Å². The summed E-state index contributed by atoms with van der Waals surface area (Å²) in [5, 5.41) is 13.1. The summed E-state index contributed by atoms with van der Waals surface area (Å²) in [6.07, 6.45) is 1.04. The molecule has 31 heavy (non-hydrogen) atoms. The molecule has 2 aromatic carbocycles. The first-order chi connectivity index (χ1) is 14.2. The van der Waals surface area contributed by atoms with Crippen molar-refractivity contribution in [2.24, 2.45) is 0 Å². The quantitative estimate of drug-likeness (QED) is 0.336. The van der Waals surface area contributed by atoms with Gasteiger partial charge in [-0.2, -0.15) is 0 Å². The summed E-state index contributed by atoms with van der Waals surface area (Å²) in [7, 11) is -3.39. The molecule has 3 N–H and O–H groups in total. The van der Waals surface area contributed by atoms with E-state index in [0.717, 1.165) is 6.26 Å². The standard InChI is InChI=1S/C21H26N2O7S/c1-13(24)30-16-10-17(21(2,3)4)20(26)18(11-16)22-19(25)12-29-15-8-6-14(7-9-15)23-31(5,27)28/h6-11,23,26H,12H2,1-5H3,(H,22,25). The molecule has 0 atom stereocenters. The fourth-order valence-corrected chi connectivity index (χ4v) is 3.23. The summed E-state index contributed by atoms with van der Waals surface area (Å²) in [4.78, 5) is 23.7. The molecule has 0 fully saturated rings. The van der Waals surface area contributed by atoms with Gasteiger partial charge in [0, 0.05) is 24.2 Å². The molecule has 1 amide bonds. The van der Waals surface area contributed by atoms with Crippen LogP contribution in [0.25, 0.3) is 0 Å². The van der Waals surface area contributed by atoms with Gasteiger partial charge in [0.25, 0.3) is 5.91 Å². The number of phenolic OH excluding ortho intramolecular Hbond substituents is 1. The molecule has 0 aliphatic carbocycles. The van der Waals surface area contributed by atoms with E-state index in [-0.39, 0.29) is 23.8 Å². The highest BCUT2D eigenvalue weighted by atomic mass is 32.2. The number of benzene rings is 2. The zero-order chi connectivity index (χ0) is 23.4. The topological polar surface area (TPSA) is 131 Å². The maximum Gasteiger partial charge on any atom is 0.308 e. The molecule has 0 bridgehead atoms. The molecular formula is C21H26N2O7S. The first-order valence-corrected chi connectivity index (χ1v) is 11.2. The number of hydrogen-bond acceptors (Lipinski definition) is 7. The summed E-state index contributed by atoms with van der Waals surface area (Å²) in [6.45, 7) is 6.51. The highest BCUT2D eigenvalue weighted by Gasteiger charge is 2.23. The Bertz CT molecular complexity index is 1070. The number of nitrogens with one attached hydrogen (secondary N) is 2. The summed E-state index contributed by atoms with van der Waals surface area (Å²) >= 11 is 0. The lowest BCUT2D eigenvalue weighted by Crippen LogP contribution is -2.21. The van der Waals surface area contributed by atoms with E-state index >= 15 is 0 Å². The van der Waals surface area contributed by atoms with E-state index in [2.05, 4.69) is 10.0 Å². The van der Waals surface area contributed by atoms with E-state index < -0.39 is 27.3 Å². The average molecular weight is 451 g/mol. The number of carbonyl (C=O) groups is 2. The number of amides is 1. The van der Waals surface area contributed by atoms with Crippen LogP contribution in [0.15, 0.2) is 36.4 Å². The molecule has 0 spiro atoms. The molecule has 0 saturated carbocycles. The lowest BCUT2D eigenvalue weighted by atomic mass is 9.85. The van der Waals surface area contributed by atoms with Gasteiger partial charge in [-0.15, -0.1) is 0 Å². The van der Waals surface area contributed by atoms with E-state index in [4.69, 9.17) is 9.47 Å². The molecule has 10 heteroatoms. The number of anilines is 2. The molecule has 0 aliphatic rings. The normalized spacial score (nSPS) is 11.5. The molecule has 2 rings (SSSR count). The van der Waals surface area contributed by atoms with Gasteiger partial charge in [-0.1, -0.05) is 20.8 Å². The minimum absolute atomic E-state index is 0.0879. The van der Waals surface area contributed by atoms with E-state index in [0.29, 0.717) is 17.0 Å². The van der Waals surface area contributed by atoms with Crippen LogP contribution in [0.4, 0.5) is 11.4 Å². The third-order valence-electron chi connectivity index (χ3n) is 3.95. The van der Waals surface area contributed by atoms with Crippen molar-refractivity contribution in [3.05, 3.63) is 42.0 Å².